The van der Waals surface area contributed by atoms with Gasteiger partial charge in [-0.05, 0) is 13.8 Å². The standard InChI is InChI=1S/C9H14N2O2S2/c1-3-10(4-2)7(12)5-11-8(13)6-15-9(11)14/h3-6H2,1-2H3. The molecule has 0 saturated carbocycles. The first-order chi connectivity index (χ1) is 7.10. The van der Waals surface area contributed by atoms with Crippen molar-refractivity contribution in [2.45, 2.75) is 13.8 Å². The van der Waals surface area contributed by atoms with Gasteiger partial charge in [-0.15, -0.1) is 0 Å². The molecule has 84 valence electrons. The van der Waals surface area contributed by atoms with Crippen LogP contribution >= 0.6 is 24.0 Å². The summed E-state index contributed by atoms with van der Waals surface area (Å²) in [4.78, 5) is 26.2. The van der Waals surface area contributed by atoms with E-state index in [-0.39, 0.29) is 18.4 Å². The number of carbonyl (C=O) groups excluding carboxylic acids is 2. The number of nitrogens with zero attached hydrogens (tertiary/aromatic N) is 2. The Kier molecular flexibility index (Phi) is 4.53. The lowest BCUT2D eigenvalue weighted by Gasteiger charge is -2.22. The summed E-state index contributed by atoms with van der Waals surface area (Å²) in [6, 6.07) is 0. The fourth-order valence-corrected chi connectivity index (χ4v) is 2.41. The topological polar surface area (TPSA) is 40.6 Å². The molecule has 0 spiro atoms. The summed E-state index contributed by atoms with van der Waals surface area (Å²) >= 11 is 6.31. The Morgan fingerprint density at radius 1 is 1.53 bits per heavy atom. The summed E-state index contributed by atoms with van der Waals surface area (Å²) in [5.74, 6) is 0.258. The van der Waals surface area contributed by atoms with Gasteiger partial charge in [0.15, 0.2) is 0 Å². The minimum atomic E-state index is -0.0643. The predicted octanol–water partition coefficient (Wildman–Crippen LogP) is 0.715. The lowest BCUT2D eigenvalue weighted by atomic mass is 10.4. The van der Waals surface area contributed by atoms with Crippen LogP contribution in [-0.2, 0) is 9.59 Å². The zero-order valence-electron chi connectivity index (χ0n) is 8.86. The second kappa shape index (κ2) is 5.46. The Bertz CT molecular complexity index is 274. The van der Waals surface area contributed by atoms with Crippen molar-refractivity contribution in [3.8, 4) is 0 Å². The van der Waals surface area contributed by atoms with E-state index in [2.05, 4.69) is 0 Å². The van der Waals surface area contributed by atoms with Crippen LogP contribution in [0.1, 0.15) is 13.8 Å². The maximum Gasteiger partial charge on any atom is 0.242 e. The van der Waals surface area contributed by atoms with Crippen molar-refractivity contribution in [3.63, 3.8) is 0 Å². The minimum Gasteiger partial charge on any atom is -0.342 e. The number of rotatable bonds is 4. The van der Waals surface area contributed by atoms with Crippen molar-refractivity contribution >= 4 is 40.1 Å². The van der Waals surface area contributed by atoms with Gasteiger partial charge in [-0.1, -0.05) is 24.0 Å². The number of thioether (sulfide) groups is 1. The van der Waals surface area contributed by atoms with Gasteiger partial charge in [0.2, 0.25) is 11.8 Å². The van der Waals surface area contributed by atoms with Crippen LogP contribution in [0.25, 0.3) is 0 Å². The molecule has 0 atom stereocenters. The van der Waals surface area contributed by atoms with E-state index >= 15 is 0 Å². The SMILES string of the molecule is CCN(CC)C(=O)CN1C(=O)CSC1=S. The van der Waals surface area contributed by atoms with Gasteiger partial charge in [-0.25, -0.2) is 0 Å². The minimum absolute atomic E-state index is 0.0433. The van der Waals surface area contributed by atoms with Crippen molar-refractivity contribution in [2.75, 3.05) is 25.4 Å². The van der Waals surface area contributed by atoms with Crippen LogP contribution in [0.4, 0.5) is 0 Å². The fraction of sp³-hybridized carbons (Fsp3) is 0.667. The molecule has 6 heteroatoms. The first-order valence-electron chi connectivity index (χ1n) is 4.85. The normalized spacial score (nSPS) is 16.0. The highest BCUT2D eigenvalue weighted by Gasteiger charge is 2.29. The molecule has 1 heterocycles. The van der Waals surface area contributed by atoms with Crippen molar-refractivity contribution in [1.29, 1.82) is 0 Å². The molecule has 0 aromatic rings. The molecule has 1 rings (SSSR count). The Balaban J connectivity index is 2.57. The Morgan fingerprint density at radius 2 is 2.13 bits per heavy atom. The van der Waals surface area contributed by atoms with E-state index in [0.29, 0.717) is 23.2 Å². The highest BCUT2D eigenvalue weighted by molar-refractivity contribution is 8.23. The summed E-state index contributed by atoms with van der Waals surface area (Å²) < 4.78 is 0.514. The second-order valence-corrected chi connectivity index (χ2v) is 4.71. The summed E-state index contributed by atoms with van der Waals surface area (Å²) in [5, 5.41) is 0. The third-order valence-corrected chi connectivity index (χ3v) is 3.68. The van der Waals surface area contributed by atoms with Gasteiger partial charge in [0.1, 0.15) is 10.9 Å². The van der Waals surface area contributed by atoms with Crippen molar-refractivity contribution < 1.29 is 9.59 Å². The summed E-state index contributed by atoms with van der Waals surface area (Å²) in [5.41, 5.74) is 0. The van der Waals surface area contributed by atoms with Crippen molar-refractivity contribution in [1.82, 2.24) is 9.80 Å². The first-order valence-corrected chi connectivity index (χ1v) is 6.24. The zero-order valence-corrected chi connectivity index (χ0v) is 10.5. The molecule has 0 aliphatic carbocycles. The molecule has 1 fully saturated rings. The van der Waals surface area contributed by atoms with Gasteiger partial charge in [0, 0.05) is 13.1 Å². The van der Waals surface area contributed by atoms with Crippen LogP contribution in [0, 0.1) is 0 Å². The molecule has 0 unspecified atom stereocenters. The highest BCUT2D eigenvalue weighted by Crippen LogP contribution is 2.18. The Labute approximate surface area is 99.0 Å². The predicted molar refractivity (Wildman–Crippen MR) is 64.7 cm³/mol. The van der Waals surface area contributed by atoms with Gasteiger partial charge < -0.3 is 4.90 Å². The molecule has 0 N–H and O–H groups in total. The van der Waals surface area contributed by atoms with Crippen molar-refractivity contribution in [3.05, 3.63) is 0 Å². The van der Waals surface area contributed by atoms with Crippen LogP contribution in [0.5, 0.6) is 0 Å². The summed E-state index contributed by atoms with van der Waals surface area (Å²) in [6.45, 7) is 5.25. The molecule has 1 aliphatic heterocycles. The quantitative estimate of drug-likeness (QED) is 0.685. The molecule has 1 saturated heterocycles. The number of hydrogen-bond acceptors (Lipinski definition) is 4. The van der Waals surface area contributed by atoms with E-state index in [1.165, 1.54) is 16.7 Å². The van der Waals surface area contributed by atoms with Crippen LogP contribution in [0.15, 0.2) is 0 Å². The van der Waals surface area contributed by atoms with Gasteiger partial charge in [-0.3, -0.25) is 14.5 Å². The highest BCUT2D eigenvalue weighted by atomic mass is 32.2. The summed E-state index contributed by atoms with van der Waals surface area (Å²) in [6.07, 6.45) is 0. The van der Waals surface area contributed by atoms with Gasteiger partial charge in [0.25, 0.3) is 0 Å². The zero-order chi connectivity index (χ0) is 11.4. The maximum absolute atomic E-state index is 11.7. The van der Waals surface area contributed by atoms with E-state index in [1.807, 2.05) is 13.8 Å². The third-order valence-electron chi connectivity index (χ3n) is 2.25. The number of amides is 2. The van der Waals surface area contributed by atoms with Crippen molar-refractivity contribution in [2.24, 2.45) is 0 Å². The third kappa shape index (κ3) is 2.92. The molecule has 0 radical (unpaired) electrons. The van der Waals surface area contributed by atoms with E-state index < -0.39 is 0 Å². The number of carbonyl (C=O) groups is 2. The first kappa shape index (κ1) is 12.4. The Hall–Kier alpha value is -0.620. The van der Waals surface area contributed by atoms with E-state index in [9.17, 15) is 9.59 Å². The molecule has 15 heavy (non-hydrogen) atoms. The lowest BCUT2D eigenvalue weighted by Crippen LogP contribution is -2.42. The number of hydrogen-bond donors (Lipinski definition) is 0. The number of likely N-dealkylation sites (N-methyl/N-ethyl adjacent to an activating group) is 1. The van der Waals surface area contributed by atoms with Crippen LogP contribution in [0.3, 0.4) is 0 Å². The van der Waals surface area contributed by atoms with Crippen LogP contribution in [-0.4, -0.2) is 51.3 Å². The largest absolute Gasteiger partial charge is 0.342 e. The monoisotopic (exact) mass is 246 g/mol. The fourth-order valence-electron chi connectivity index (χ4n) is 1.35. The number of thiocarbonyl (C=S) groups is 1. The van der Waals surface area contributed by atoms with E-state index in [0.717, 1.165) is 0 Å². The second-order valence-electron chi connectivity index (χ2n) is 3.10. The maximum atomic E-state index is 11.7. The van der Waals surface area contributed by atoms with Gasteiger partial charge in [-0.2, -0.15) is 0 Å². The van der Waals surface area contributed by atoms with Gasteiger partial charge in [0.05, 0.1) is 5.75 Å². The van der Waals surface area contributed by atoms with Gasteiger partial charge >= 0.3 is 0 Å². The average Bonchev–Trinajstić information content (AvgIpc) is 2.51. The smallest absolute Gasteiger partial charge is 0.242 e. The molecular formula is C9H14N2O2S2. The summed E-state index contributed by atoms with van der Waals surface area (Å²) in [7, 11) is 0. The van der Waals surface area contributed by atoms with E-state index in [1.54, 1.807) is 4.90 Å². The molecule has 4 nitrogen and oxygen atoms in total. The molecule has 0 aromatic heterocycles. The molecule has 1 aliphatic rings. The van der Waals surface area contributed by atoms with Crippen LogP contribution < -0.4 is 0 Å². The molecule has 2 amide bonds. The molecular weight excluding hydrogens is 232 g/mol. The average molecular weight is 246 g/mol. The van der Waals surface area contributed by atoms with E-state index in [4.69, 9.17) is 12.2 Å². The lowest BCUT2D eigenvalue weighted by molar-refractivity contribution is -0.135. The van der Waals surface area contributed by atoms with Crippen LogP contribution in [0.2, 0.25) is 0 Å². The molecule has 0 aromatic carbocycles. The molecule has 0 bridgehead atoms. The Morgan fingerprint density at radius 3 is 2.53 bits per heavy atom.